The molecule has 2 fully saturated rings. The van der Waals surface area contributed by atoms with Crippen LogP contribution in [-0.2, 0) is 14.0 Å². The first-order chi connectivity index (χ1) is 11.3. The van der Waals surface area contributed by atoms with Crippen LogP contribution in [0.15, 0.2) is 23.1 Å². The molecule has 0 aromatic heterocycles. The van der Waals surface area contributed by atoms with Gasteiger partial charge in [0.2, 0.25) is 0 Å². The SMILES string of the molecule is CNSc1cc(B2OC(C)(C)C(C)(C)O2)cc(N2CCOCC2)c1. The minimum atomic E-state index is -0.341. The molecule has 1 aromatic carbocycles. The quantitative estimate of drug-likeness (QED) is 0.662. The Morgan fingerprint density at radius 2 is 1.67 bits per heavy atom. The molecule has 0 atom stereocenters. The van der Waals surface area contributed by atoms with E-state index < -0.39 is 0 Å². The van der Waals surface area contributed by atoms with E-state index in [4.69, 9.17) is 14.0 Å². The minimum Gasteiger partial charge on any atom is -0.399 e. The summed E-state index contributed by atoms with van der Waals surface area (Å²) in [7, 11) is 1.59. The number of nitrogens with one attached hydrogen (secondary N) is 1. The number of anilines is 1. The zero-order valence-electron chi connectivity index (χ0n) is 15.2. The van der Waals surface area contributed by atoms with E-state index in [1.165, 1.54) is 5.69 Å². The lowest BCUT2D eigenvalue weighted by Gasteiger charge is -2.32. The van der Waals surface area contributed by atoms with Crippen LogP contribution in [-0.4, -0.2) is 51.7 Å². The van der Waals surface area contributed by atoms with Crippen molar-refractivity contribution in [1.82, 2.24) is 4.72 Å². The van der Waals surface area contributed by atoms with Gasteiger partial charge in [0.1, 0.15) is 0 Å². The monoisotopic (exact) mass is 350 g/mol. The summed E-state index contributed by atoms with van der Waals surface area (Å²) in [5, 5.41) is 0. The van der Waals surface area contributed by atoms with Gasteiger partial charge in [-0.05, 0) is 70.4 Å². The average Bonchev–Trinajstić information content (AvgIpc) is 2.76. The second-order valence-electron chi connectivity index (χ2n) is 7.25. The van der Waals surface area contributed by atoms with Crippen molar-refractivity contribution in [3.63, 3.8) is 0 Å². The van der Waals surface area contributed by atoms with Crippen LogP contribution in [0.5, 0.6) is 0 Å². The van der Waals surface area contributed by atoms with E-state index in [1.54, 1.807) is 11.9 Å². The summed E-state index contributed by atoms with van der Waals surface area (Å²) in [5.41, 5.74) is 1.60. The van der Waals surface area contributed by atoms with Gasteiger partial charge in [-0.15, -0.1) is 0 Å². The fourth-order valence-electron chi connectivity index (χ4n) is 2.90. The number of rotatable bonds is 4. The van der Waals surface area contributed by atoms with Gasteiger partial charge in [-0.2, -0.15) is 0 Å². The molecule has 7 heteroatoms. The van der Waals surface area contributed by atoms with Gasteiger partial charge in [0, 0.05) is 23.7 Å². The summed E-state index contributed by atoms with van der Waals surface area (Å²) in [6.45, 7) is 11.7. The Morgan fingerprint density at radius 1 is 1.04 bits per heavy atom. The van der Waals surface area contributed by atoms with Crippen LogP contribution in [0, 0.1) is 0 Å². The fourth-order valence-corrected chi connectivity index (χ4v) is 3.51. The van der Waals surface area contributed by atoms with Crippen LogP contribution >= 0.6 is 11.9 Å². The Hall–Kier alpha value is -0.725. The molecule has 0 spiro atoms. The lowest BCUT2D eigenvalue weighted by molar-refractivity contribution is 0.00578. The van der Waals surface area contributed by atoms with Gasteiger partial charge in [-0.1, -0.05) is 0 Å². The van der Waals surface area contributed by atoms with Crippen molar-refractivity contribution in [3.8, 4) is 0 Å². The van der Waals surface area contributed by atoms with Gasteiger partial charge in [0.15, 0.2) is 0 Å². The molecule has 24 heavy (non-hydrogen) atoms. The molecule has 2 heterocycles. The fraction of sp³-hybridized carbons (Fsp3) is 0.647. The number of morpholine rings is 1. The van der Waals surface area contributed by atoms with Crippen molar-refractivity contribution in [2.75, 3.05) is 38.3 Å². The van der Waals surface area contributed by atoms with Crippen LogP contribution in [0.1, 0.15) is 27.7 Å². The normalized spacial score (nSPS) is 22.9. The van der Waals surface area contributed by atoms with Gasteiger partial charge >= 0.3 is 7.12 Å². The Morgan fingerprint density at radius 3 is 2.25 bits per heavy atom. The molecule has 2 aliphatic rings. The first kappa shape index (κ1) is 18.1. The van der Waals surface area contributed by atoms with E-state index in [-0.39, 0.29) is 18.3 Å². The number of hydrogen-bond acceptors (Lipinski definition) is 6. The molecule has 2 saturated heterocycles. The smallest absolute Gasteiger partial charge is 0.399 e. The number of nitrogens with zero attached hydrogens (tertiary/aromatic N) is 1. The Labute approximate surface area is 149 Å². The summed E-state index contributed by atoms with van der Waals surface area (Å²) in [4.78, 5) is 3.52. The number of ether oxygens (including phenoxy) is 1. The lowest BCUT2D eigenvalue weighted by Crippen LogP contribution is -2.41. The Bertz CT molecular complexity index is 575. The maximum atomic E-state index is 6.23. The highest BCUT2D eigenvalue weighted by Crippen LogP contribution is 2.37. The van der Waals surface area contributed by atoms with E-state index in [9.17, 15) is 0 Å². The maximum absolute atomic E-state index is 6.23. The van der Waals surface area contributed by atoms with E-state index in [1.807, 2.05) is 7.05 Å². The number of hydrogen-bond donors (Lipinski definition) is 1. The summed E-state index contributed by atoms with van der Waals surface area (Å²) in [6, 6.07) is 6.54. The third kappa shape index (κ3) is 3.60. The predicted octanol–water partition coefficient (Wildman–Crippen LogP) is 2.05. The van der Waals surface area contributed by atoms with Gasteiger partial charge in [0.05, 0.1) is 24.4 Å². The topological polar surface area (TPSA) is 43.0 Å². The first-order valence-corrected chi connectivity index (χ1v) is 9.31. The van der Waals surface area contributed by atoms with Crippen LogP contribution in [0.25, 0.3) is 0 Å². The van der Waals surface area contributed by atoms with Crippen LogP contribution in [0.2, 0.25) is 0 Å². The molecule has 1 N–H and O–H groups in total. The Balaban J connectivity index is 1.91. The van der Waals surface area contributed by atoms with Crippen molar-refractivity contribution in [2.24, 2.45) is 0 Å². The molecule has 0 aliphatic carbocycles. The van der Waals surface area contributed by atoms with Gasteiger partial charge in [-0.25, -0.2) is 0 Å². The highest BCUT2D eigenvalue weighted by Gasteiger charge is 2.51. The molecule has 0 saturated carbocycles. The third-order valence-electron chi connectivity index (χ3n) is 5.04. The van der Waals surface area contributed by atoms with Crippen molar-refractivity contribution in [2.45, 2.75) is 43.8 Å². The standard InChI is InChI=1S/C17H27BN2O3S/c1-16(2)17(3,4)23-18(22-16)13-10-14(12-15(11-13)24-19-5)20-6-8-21-9-7-20/h10-12,19H,6-9H2,1-5H3. The molecule has 5 nitrogen and oxygen atoms in total. The molecule has 0 bridgehead atoms. The summed E-state index contributed by atoms with van der Waals surface area (Å²) in [6.07, 6.45) is 0. The average molecular weight is 350 g/mol. The van der Waals surface area contributed by atoms with Crippen LogP contribution < -0.4 is 15.1 Å². The Kier molecular flexibility index (Phi) is 5.18. The van der Waals surface area contributed by atoms with Gasteiger partial charge in [-0.3, -0.25) is 4.72 Å². The summed E-state index contributed by atoms with van der Waals surface area (Å²) in [5.74, 6) is 0. The molecule has 0 amide bonds. The van der Waals surface area contributed by atoms with Crippen LogP contribution in [0.4, 0.5) is 5.69 Å². The largest absolute Gasteiger partial charge is 0.494 e. The predicted molar refractivity (Wildman–Crippen MR) is 100 cm³/mol. The van der Waals surface area contributed by atoms with Crippen molar-refractivity contribution < 1.29 is 14.0 Å². The van der Waals surface area contributed by atoms with E-state index in [2.05, 4.69) is 55.5 Å². The molecule has 1 aromatic rings. The van der Waals surface area contributed by atoms with E-state index >= 15 is 0 Å². The minimum absolute atomic E-state index is 0.330. The van der Waals surface area contributed by atoms with Gasteiger partial charge < -0.3 is 18.9 Å². The van der Waals surface area contributed by atoms with Gasteiger partial charge in [0.25, 0.3) is 0 Å². The molecule has 132 valence electrons. The third-order valence-corrected chi connectivity index (χ3v) is 5.71. The summed E-state index contributed by atoms with van der Waals surface area (Å²) >= 11 is 1.61. The zero-order chi connectivity index (χ0) is 17.4. The zero-order valence-corrected chi connectivity index (χ0v) is 16.0. The molecule has 3 rings (SSSR count). The second kappa shape index (κ2) is 6.88. The molecule has 0 radical (unpaired) electrons. The van der Waals surface area contributed by atoms with E-state index in [0.717, 1.165) is 36.7 Å². The van der Waals surface area contributed by atoms with E-state index in [0.29, 0.717) is 0 Å². The van der Waals surface area contributed by atoms with Crippen LogP contribution in [0.3, 0.4) is 0 Å². The molecule has 0 unspecified atom stereocenters. The first-order valence-electron chi connectivity index (χ1n) is 8.49. The van der Waals surface area contributed by atoms with Crippen molar-refractivity contribution in [1.29, 1.82) is 0 Å². The lowest BCUT2D eigenvalue weighted by atomic mass is 9.79. The highest BCUT2D eigenvalue weighted by atomic mass is 32.2. The second-order valence-corrected chi connectivity index (χ2v) is 8.34. The molecule has 2 aliphatic heterocycles. The number of benzene rings is 1. The maximum Gasteiger partial charge on any atom is 0.494 e. The molecular formula is C17H27BN2O3S. The summed E-state index contributed by atoms with van der Waals surface area (Å²) < 4.78 is 21.1. The highest BCUT2D eigenvalue weighted by molar-refractivity contribution is 7.97. The van der Waals surface area contributed by atoms with Crippen molar-refractivity contribution in [3.05, 3.63) is 18.2 Å². The van der Waals surface area contributed by atoms with Crippen molar-refractivity contribution >= 4 is 30.2 Å². The molecular weight excluding hydrogens is 323 g/mol.